The van der Waals surface area contributed by atoms with Gasteiger partial charge in [-0.1, -0.05) is 146 Å². The van der Waals surface area contributed by atoms with Crippen LogP contribution in [0.2, 0.25) is 0 Å². The number of hydrogen-bond donors (Lipinski definition) is 0. The van der Waals surface area contributed by atoms with Gasteiger partial charge in [0.15, 0.2) is 0 Å². The summed E-state index contributed by atoms with van der Waals surface area (Å²) in [6, 6.07) is 70.4. The summed E-state index contributed by atoms with van der Waals surface area (Å²) in [5.74, 6) is 0. The van der Waals surface area contributed by atoms with Crippen molar-refractivity contribution in [2.24, 2.45) is 0 Å². The molecule has 2 nitrogen and oxygen atoms in total. The number of fused-ring (bicyclic) bond motifs is 6. The van der Waals surface area contributed by atoms with E-state index in [-0.39, 0.29) is 0 Å². The lowest BCUT2D eigenvalue weighted by Crippen LogP contribution is -1.96. The molecule has 0 radical (unpaired) electrons. The number of aromatic nitrogens is 2. The first kappa shape index (κ1) is 28.4. The van der Waals surface area contributed by atoms with E-state index < -0.39 is 0 Å². The summed E-state index contributed by atoms with van der Waals surface area (Å²) in [6.45, 7) is 0. The topological polar surface area (TPSA) is 9.86 Å². The van der Waals surface area contributed by atoms with Gasteiger partial charge in [-0.25, -0.2) is 0 Å². The molecule has 50 heavy (non-hydrogen) atoms. The summed E-state index contributed by atoms with van der Waals surface area (Å²) in [5, 5.41) is 5.09. The van der Waals surface area contributed by atoms with Gasteiger partial charge in [-0.15, -0.1) is 0 Å². The minimum absolute atomic E-state index is 1.15. The van der Waals surface area contributed by atoms with Gasteiger partial charge in [0.2, 0.25) is 0 Å². The predicted octanol–water partition coefficient (Wildman–Crippen LogP) is 12.9. The maximum atomic E-state index is 2.38. The zero-order valence-corrected chi connectivity index (χ0v) is 27.4. The van der Waals surface area contributed by atoms with Crippen LogP contribution in [0.5, 0.6) is 0 Å². The molecule has 10 rings (SSSR count). The second-order valence-electron chi connectivity index (χ2n) is 12.9. The SMILES string of the molecule is c1ccc(-c2cccc(-c3ccc(-n4c5ccccc5c5ccccc54)cc3)c2-c2ccc(-n3c4ccccc4c4ccccc43)cc2)cc1. The average molecular weight is 637 g/mol. The standard InChI is InChI=1S/C48H32N2/c1-2-13-33(14-3-1)38-19-12-20-39(34-25-29-36(30-26-34)49-44-21-8-4-15-40(44)41-16-5-9-22-45(41)49)48(38)35-27-31-37(32-28-35)50-46-23-10-6-17-42(46)43-18-7-11-24-47(43)50/h1-32H. The van der Waals surface area contributed by atoms with Gasteiger partial charge >= 0.3 is 0 Å². The summed E-state index contributed by atoms with van der Waals surface area (Å²) in [7, 11) is 0. The molecule has 0 atom stereocenters. The Morgan fingerprint density at radius 2 is 0.580 bits per heavy atom. The lowest BCUT2D eigenvalue weighted by molar-refractivity contribution is 1.18. The molecule has 0 N–H and O–H groups in total. The van der Waals surface area contributed by atoms with E-state index in [1.165, 1.54) is 77.0 Å². The van der Waals surface area contributed by atoms with E-state index in [1.54, 1.807) is 0 Å². The normalized spacial score (nSPS) is 11.6. The van der Waals surface area contributed by atoms with Crippen LogP contribution in [0.25, 0.3) is 88.4 Å². The van der Waals surface area contributed by atoms with Gasteiger partial charge in [0.1, 0.15) is 0 Å². The fourth-order valence-electron chi connectivity index (χ4n) is 7.93. The van der Waals surface area contributed by atoms with Crippen molar-refractivity contribution in [1.82, 2.24) is 9.13 Å². The second-order valence-corrected chi connectivity index (χ2v) is 12.9. The van der Waals surface area contributed by atoms with Gasteiger partial charge in [-0.2, -0.15) is 0 Å². The molecule has 0 saturated carbocycles. The van der Waals surface area contributed by atoms with Crippen LogP contribution in [0.3, 0.4) is 0 Å². The van der Waals surface area contributed by atoms with Gasteiger partial charge in [0.25, 0.3) is 0 Å². The fraction of sp³-hybridized carbons (Fsp3) is 0. The molecule has 0 saturated heterocycles. The number of benzene rings is 8. The molecule has 0 aliphatic heterocycles. The van der Waals surface area contributed by atoms with E-state index in [9.17, 15) is 0 Å². The highest BCUT2D eigenvalue weighted by atomic mass is 15.0. The summed E-state index contributed by atoms with van der Waals surface area (Å²) < 4.78 is 4.76. The largest absolute Gasteiger partial charge is 0.309 e. The van der Waals surface area contributed by atoms with Gasteiger partial charge < -0.3 is 9.13 Å². The van der Waals surface area contributed by atoms with Crippen molar-refractivity contribution in [2.75, 3.05) is 0 Å². The highest BCUT2D eigenvalue weighted by molar-refractivity contribution is 6.10. The Bertz CT molecular complexity index is 2730. The molecule has 2 aromatic heterocycles. The third-order valence-electron chi connectivity index (χ3n) is 10.2. The van der Waals surface area contributed by atoms with Crippen LogP contribution < -0.4 is 0 Å². The van der Waals surface area contributed by atoms with Crippen LogP contribution in [0.1, 0.15) is 0 Å². The highest BCUT2D eigenvalue weighted by Gasteiger charge is 2.17. The Balaban J connectivity index is 1.12. The van der Waals surface area contributed by atoms with Crippen molar-refractivity contribution in [3.63, 3.8) is 0 Å². The van der Waals surface area contributed by atoms with E-state index in [4.69, 9.17) is 0 Å². The summed E-state index contributed by atoms with van der Waals surface area (Å²) in [6.07, 6.45) is 0. The predicted molar refractivity (Wildman–Crippen MR) is 211 cm³/mol. The Labute approximate surface area is 290 Å². The minimum atomic E-state index is 1.15. The molecular formula is C48H32N2. The third kappa shape index (κ3) is 4.43. The number of hydrogen-bond acceptors (Lipinski definition) is 0. The highest BCUT2D eigenvalue weighted by Crippen LogP contribution is 2.42. The first-order valence-electron chi connectivity index (χ1n) is 17.2. The molecule has 8 aromatic carbocycles. The van der Waals surface area contributed by atoms with Crippen LogP contribution in [0.4, 0.5) is 0 Å². The van der Waals surface area contributed by atoms with Crippen LogP contribution in [0.15, 0.2) is 194 Å². The van der Waals surface area contributed by atoms with Crippen molar-refractivity contribution in [3.05, 3.63) is 194 Å². The molecule has 2 heteroatoms. The monoisotopic (exact) mass is 636 g/mol. The molecule has 2 heterocycles. The molecule has 0 fully saturated rings. The molecule has 0 amide bonds. The molecular weight excluding hydrogens is 605 g/mol. The number of nitrogens with zero attached hydrogens (tertiary/aromatic N) is 2. The molecule has 0 bridgehead atoms. The zero-order valence-electron chi connectivity index (χ0n) is 27.4. The smallest absolute Gasteiger partial charge is 0.0541 e. The molecule has 0 aliphatic carbocycles. The van der Waals surface area contributed by atoms with E-state index in [0.29, 0.717) is 0 Å². The van der Waals surface area contributed by atoms with Crippen molar-refractivity contribution in [2.45, 2.75) is 0 Å². The molecule has 0 aliphatic rings. The first-order chi connectivity index (χ1) is 24.8. The summed E-state index contributed by atoms with van der Waals surface area (Å²) in [5.41, 5.74) is 14.4. The lowest BCUT2D eigenvalue weighted by atomic mass is 9.87. The van der Waals surface area contributed by atoms with E-state index in [0.717, 1.165) is 11.4 Å². The maximum Gasteiger partial charge on any atom is 0.0541 e. The quantitative estimate of drug-likeness (QED) is 0.178. The van der Waals surface area contributed by atoms with E-state index in [2.05, 4.69) is 203 Å². The lowest BCUT2D eigenvalue weighted by Gasteiger charge is -2.18. The van der Waals surface area contributed by atoms with Crippen LogP contribution in [-0.4, -0.2) is 9.13 Å². The summed E-state index contributed by atoms with van der Waals surface area (Å²) in [4.78, 5) is 0. The Hall–Kier alpha value is -6.64. The first-order valence-corrected chi connectivity index (χ1v) is 17.2. The molecule has 234 valence electrons. The van der Waals surface area contributed by atoms with Crippen molar-refractivity contribution >= 4 is 43.6 Å². The average Bonchev–Trinajstić information content (AvgIpc) is 3.71. The maximum absolute atomic E-state index is 2.38. The summed E-state index contributed by atoms with van der Waals surface area (Å²) >= 11 is 0. The Morgan fingerprint density at radius 1 is 0.240 bits per heavy atom. The molecule has 0 unspecified atom stereocenters. The number of para-hydroxylation sites is 4. The van der Waals surface area contributed by atoms with Gasteiger partial charge in [-0.3, -0.25) is 0 Å². The van der Waals surface area contributed by atoms with Crippen LogP contribution in [0, 0.1) is 0 Å². The Kier molecular flexibility index (Phi) is 6.53. The van der Waals surface area contributed by atoms with Gasteiger partial charge in [0, 0.05) is 32.9 Å². The van der Waals surface area contributed by atoms with Gasteiger partial charge in [-0.05, 0) is 81.9 Å². The Morgan fingerprint density at radius 3 is 1.00 bits per heavy atom. The second kappa shape index (κ2) is 11.5. The van der Waals surface area contributed by atoms with Crippen LogP contribution in [-0.2, 0) is 0 Å². The molecule has 10 aromatic rings. The minimum Gasteiger partial charge on any atom is -0.309 e. The van der Waals surface area contributed by atoms with E-state index >= 15 is 0 Å². The van der Waals surface area contributed by atoms with Crippen molar-refractivity contribution < 1.29 is 0 Å². The van der Waals surface area contributed by atoms with Crippen LogP contribution >= 0.6 is 0 Å². The van der Waals surface area contributed by atoms with E-state index in [1.807, 2.05) is 0 Å². The van der Waals surface area contributed by atoms with Crippen molar-refractivity contribution in [3.8, 4) is 44.8 Å². The third-order valence-corrected chi connectivity index (χ3v) is 10.2. The van der Waals surface area contributed by atoms with Crippen molar-refractivity contribution in [1.29, 1.82) is 0 Å². The number of rotatable bonds is 5. The van der Waals surface area contributed by atoms with Gasteiger partial charge in [0.05, 0.1) is 22.1 Å². The fourth-order valence-corrected chi connectivity index (χ4v) is 7.93. The zero-order chi connectivity index (χ0) is 33.0. The molecule has 0 spiro atoms.